The second-order valence-electron chi connectivity index (χ2n) is 5.83. The molecule has 1 aromatic carbocycles. The van der Waals surface area contributed by atoms with Crippen molar-refractivity contribution in [3.63, 3.8) is 0 Å². The van der Waals surface area contributed by atoms with Crippen molar-refractivity contribution < 1.29 is 26.4 Å². The molecule has 3 rings (SSSR count). The molecule has 0 saturated heterocycles. The molecule has 2 aromatic heterocycles. The number of sulfonamides is 1. The predicted molar refractivity (Wildman–Crippen MR) is 96.2 cm³/mol. The SMILES string of the molecule is CS(=O)(=O)NC(=O)c1cnn(Cc2nc(-c3cccc(C(F)(F)F)c3)cs2)c1. The van der Waals surface area contributed by atoms with Gasteiger partial charge in [-0.25, -0.2) is 18.1 Å². The molecule has 0 aliphatic carbocycles. The number of amides is 1. The van der Waals surface area contributed by atoms with Crippen LogP contribution in [0.5, 0.6) is 0 Å². The lowest BCUT2D eigenvalue weighted by atomic mass is 10.1. The number of thiazole rings is 1. The van der Waals surface area contributed by atoms with Crippen LogP contribution in [0, 0.1) is 0 Å². The molecule has 0 saturated carbocycles. The van der Waals surface area contributed by atoms with Gasteiger partial charge in [0.25, 0.3) is 5.91 Å². The van der Waals surface area contributed by atoms with Gasteiger partial charge in [-0.05, 0) is 12.1 Å². The molecule has 1 amide bonds. The van der Waals surface area contributed by atoms with E-state index in [1.807, 2.05) is 4.72 Å². The molecule has 1 N–H and O–H groups in total. The van der Waals surface area contributed by atoms with E-state index < -0.39 is 27.7 Å². The quantitative estimate of drug-likeness (QED) is 0.672. The summed E-state index contributed by atoms with van der Waals surface area (Å²) in [5, 5.41) is 6.16. The maximum absolute atomic E-state index is 12.8. The molecule has 2 heterocycles. The third-order valence-corrected chi connectivity index (χ3v) is 4.90. The zero-order chi connectivity index (χ0) is 20.5. The lowest BCUT2D eigenvalue weighted by molar-refractivity contribution is -0.137. The van der Waals surface area contributed by atoms with Crippen LogP contribution in [0.15, 0.2) is 42.0 Å². The molecule has 0 fully saturated rings. The Hall–Kier alpha value is -2.73. The Balaban J connectivity index is 1.75. The zero-order valence-corrected chi connectivity index (χ0v) is 15.9. The van der Waals surface area contributed by atoms with E-state index >= 15 is 0 Å². The van der Waals surface area contributed by atoms with Crippen LogP contribution < -0.4 is 4.72 Å². The van der Waals surface area contributed by atoms with E-state index in [4.69, 9.17) is 0 Å². The maximum Gasteiger partial charge on any atom is 0.416 e. The average molecular weight is 430 g/mol. The van der Waals surface area contributed by atoms with Gasteiger partial charge in [0, 0.05) is 17.1 Å². The van der Waals surface area contributed by atoms with Crippen molar-refractivity contribution in [1.29, 1.82) is 0 Å². The van der Waals surface area contributed by atoms with Crippen molar-refractivity contribution in [2.24, 2.45) is 0 Å². The van der Waals surface area contributed by atoms with Crippen molar-refractivity contribution in [2.75, 3.05) is 6.26 Å². The van der Waals surface area contributed by atoms with Crippen LogP contribution in [0.25, 0.3) is 11.3 Å². The Morgan fingerprint density at radius 3 is 2.75 bits per heavy atom. The minimum absolute atomic E-state index is 0.0556. The van der Waals surface area contributed by atoms with Gasteiger partial charge < -0.3 is 0 Å². The fourth-order valence-corrected chi connectivity index (χ4v) is 3.55. The van der Waals surface area contributed by atoms with Crippen LogP contribution >= 0.6 is 11.3 Å². The van der Waals surface area contributed by atoms with Gasteiger partial charge in [0.2, 0.25) is 10.0 Å². The standard InChI is InChI=1S/C16H13F3N4O3S2/c1-28(25,26)22-15(24)11-6-20-23(7-11)8-14-21-13(9-27-14)10-3-2-4-12(5-10)16(17,18)19/h2-7,9H,8H2,1H3,(H,22,24). The van der Waals surface area contributed by atoms with E-state index in [0.29, 0.717) is 16.3 Å². The summed E-state index contributed by atoms with van der Waals surface area (Å²) in [5.74, 6) is -0.808. The highest BCUT2D eigenvalue weighted by atomic mass is 32.2. The molecule has 28 heavy (non-hydrogen) atoms. The van der Waals surface area contributed by atoms with Crippen LogP contribution in [0.4, 0.5) is 13.2 Å². The topological polar surface area (TPSA) is 94.0 Å². The molecule has 3 aromatic rings. The number of hydrogen-bond acceptors (Lipinski definition) is 6. The Labute approximate surface area is 161 Å². The summed E-state index contributed by atoms with van der Waals surface area (Å²) in [4.78, 5) is 16.1. The van der Waals surface area contributed by atoms with E-state index in [-0.39, 0.29) is 12.1 Å². The smallest absolute Gasteiger partial charge is 0.268 e. The Bertz CT molecular complexity index is 1120. The number of rotatable bonds is 5. The number of hydrogen-bond donors (Lipinski definition) is 1. The normalized spacial score (nSPS) is 12.1. The second-order valence-corrected chi connectivity index (χ2v) is 8.53. The van der Waals surface area contributed by atoms with Gasteiger partial charge in [-0.15, -0.1) is 11.3 Å². The zero-order valence-electron chi connectivity index (χ0n) is 14.3. The monoisotopic (exact) mass is 430 g/mol. The molecule has 0 bridgehead atoms. The molecule has 7 nitrogen and oxygen atoms in total. The van der Waals surface area contributed by atoms with Gasteiger partial charge in [0.05, 0.1) is 35.8 Å². The number of alkyl halides is 3. The maximum atomic E-state index is 12.8. The van der Waals surface area contributed by atoms with Crippen molar-refractivity contribution >= 4 is 27.3 Å². The number of halogens is 3. The van der Waals surface area contributed by atoms with Crippen molar-refractivity contribution in [3.05, 3.63) is 58.2 Å². The van der Waals surface area contributed by atoms with E-state index in [2.05, 4.69) is 10.1 Å². The number of nitrogens with zero attached hydrogens (tertiary/aromatic N) is 3. The number of carbonyl (C=O) groups excluding carboxylic acids is 1. The highest BCUT2D eigenvalue weighted by molar-refractivity contribution is 7.89. The largest absolute Gasteiger partial charge is 0.416 e. The third-order valence-electron chi connectivity index (χ3n) is 3.51. The Morgan fingerprint density at radius 2 is 2.07 bits per heavy atom. The molecule has 0 aliphatic heterocycles. The third kappa shape index (κ3) is 4.95. The first-order chi connectivity index (χ1) is 13.0. The molecule has 0 spiro atoms. The highest BCUT2D eigenvalue weighted by Gasteiger charge is 2.30. The minimum Gasteiger partial charge on any atom is -0.268 e. The van der Waals surface area contributed by atoms with Crippen LogP contribution in [0.3, 0.4) is 0 Å². The molecule has 148 valence electrons. The van der Waals surface area contributed by atoms with Crippen molar-refractivity contribution in [1.82, 2.24) is 19.5 Å². The summed E-state index contributed by atoms with van der Waals surface area (Å²) >= 11 is 1.23. The van der Waals surface area contributed by atoms with Crippen LogP contribution in [0.1, 0.15) is 20.9 Å². The fourth-order valence-electron chi connectivity index (χ4n) is 2.30. The van der Waals surface area contributed by atoms with Crippen LogP contribution in [-0.2, 0) is 22.7 Å². The van der Waals surface area contributed by atoms with Crippen molar-refractivity contribution in [2.45, 2.75) is 12.7 Å². The van der Waals surface area contributed by atoms with Gasteiger partial charge >= 0.3 is 6.18 Å². The van der Waals surface area contributed by atoms with E-state index in [1.54, 1.807) is 5.38 Å². The molecule has 0 unspecified atom stereocenters. The fraction of sp³-hybridized carbons (Fsp3) is 0.188. The molecular weight excluding hydrogens is 417 g/mol. The summed E-state index contributed by atoms with van der Waals surface area (Å²) in [6.45, 7) is 0.176. The van der Waals surface area contributed by atoms with Gasteiger partial charge in [-0.2, -0.15) is 18.3 Å². The van der Waals surface area contributed by atoms with Gasteiger partial charge in [-0.1, -0.05) is 12.1 Å². The Morgan fingerprint density at radius 1 is 1.32 bits per heavy atom. The Kier molecular flexibility index (Phi) is 5.26. The minimum atomic E-state index is -4.44. The number of nitrogens with one attached hydrogen (secondary N) is 1. The van der Waals surface area contributed by atoms with Gasteiger partial charge in [-0.3, -0.25) is 9.48 Å². The van der Waals surface area contributed by atoms with Crippen molar-refractivity contribution in [3.8, 4) is 11.3 Å². The van der Waals surface area contributed by atoms with Gasteiger partial charge in [0.15, 0.2) is 0 Å². The number of aromatic nitrogens is 3. The lowest BCUT2D eigenvalue weighted by Crippen LogP contribution is -2.29. The molecule has 0 aliphatic rings. The van der Waals surface area contributed by atoms with E-state index in [1.165, 1.54) is 40.5 Å². The summed E-state index contributed by atoms with van der Waals surface area (Å²) < 4.78 is 63.9. The molecule has 0 atom stereocenters. The summed E-state index contributed by atoms with van der Waals surface area (Å²) in [5.41, 5.74) is 0.0348. The highest BCUT2D eigenvalue weighted by Crippen LogP contribution is 2.32. The first kappa shape index (κ1) is 20.0. The summed E-state index contributed by atoms with van der Waals surface area (Å²) in [6, 6.07) is 4.87. The van der Waals surface area contributed by atoms with E-state index in [9.17, 15) is 26.4 Å². The first-order valence-electron chi connectivity index (χ1n) is 7.68. The molecule has 12 heteroatoms. The molecular formula is C16H13F3N4O3S2. The molecule has 0 radical (unpaired) electrons. The first-order valence-corrected chi connectivity index (χ1v) is 10.4. The van der Waals surface area contributed by atoms with Crippen LogP contribution in [-0.4, -0.2) is 35.3 Å². The second kappa shape index (κ2) is 7.36. The average Bonchev–Trinajstić information content (AvgIpc) is 3.23. The number of benzene rings is 1. The van der Waals surface area contributed by atoms with E-state index in [0.717, 1.165) is 18.4 Å². The van der Waals surface area contributed by atoms with Crippen LogP contribution in [0.2, 0.25) is 0 Å². The van der Waals surface area contributed by atoms with Gasteiger partial charge in [0.1, 0.15) is 5.01 Å². The lowest BCUT2D eigenvalue weighted by Gasteiger charge is -2.07. The summed E-state index contributed by atoms with van der Waals surface area (Å²) in [7, 11) is -3.69. The number of carbonyl (C=O) groups is 1. The summed E-state index contributed by atoms with van der Waals surface area (Å²) in [6.07, 6.45) is -1.01. The predicted octanol–water partition coefficient (Wildman–Crippen LogP) is 2.76.